The molecule has 0 aliphatic carbocycles. The van der Waals surface area contributed by atoms with Gasteiger partial charge in [0.15, 0.2) is 5.76 Å². The second-order valence-electron chi connectivity index (χ2n) is 4.97. The minimum atomic E-state index is -3.79. The minimum Gasteiger partial charge on any atom is -0.477 e. The highest BCUT2D eigenvalue weighted by molar-refractivity contribution is 7.89. The summed E-state index contributed by atoms with van der Waals surface area (Å²) in [5, 5.41) is 12.7. The van der Waals surface area contributed by atoms with E-state index in [0.717, 1.165) is 5.56 Å². The first-order valence-corrected chi connectivity index (χ1v) is 7.99. The Balaban J connectivity index is 2.30. The van der Waals surface area contributed by atoms with Crippen molar-refractivity contribution in [1.82, 2.24) is 9.88 Å². The predicted octanol–water partition coefficient (Wildman–Crippen LogP) is 2.03. The van der Waals surface area contributed by atoms with E-state index in [1.807, 2.05) is 6.92 Å². The number of aryl methyl sites for hydroxylation is 2. The van der Waals surface area contributed by atoms with Crippen LogP contribution in [0.4, 0.5) is 0 Å². The molecule has 1 aromatic heterocycles. The van der Waals surface area contributed by atoms with Crippen molar-refractivity contribution in [1.29, 1.82) is 0 Å². The van der Waals surface area contributed by atoms with Gasteiger partial charge in [-0.3, -0.25) is 0 Å². The number of sulfonamides is 1. The van der Waals surface area contributed by atoms with E-state index < -0.39 is 22.0 Å². The molecule has 0 spiro atoms. The van der Waals surface area contributed by atoms with Crippen molar-refractivity contribution in [2.75, 3.05) is 0 Å². The smallest absolute Gasteiger partial charge is 0.341 e. The Morgan fingerprint density at radius 3 is 2.41 bits per heavy atom. The fraction of sp³-hybridized carbons (Fsp3) is 0.286. The molecule has 8 heteroatoms. The molecule has 0 radical (unpaired) electrons. The Bertz CT molecular complexity index is 793. The van der Waals surface area contributed by atoms with Gasteiger partial charge in [0, 0.05) is 0 Å². The van der Waals surface area contributed by atoms with Crippen LogP contribution in [0.1, 0.15) is 40.3 Å². The van der Waals surface area contributed by atoms with Crippen LogP contribution in [0.25, 0.3) is 0 Å². The third kappa shape index (κ3) is 3.18. The van der Waals surface area contributed by atoms with Gasteiger partial charge in [-0.1, -0.05) is 22.9 Å². The van der Waals surface area contributed by atoms with Crippen LogP contribution in [-0.4, -0.2) is 24.7 Å². The Hall–Kier alpha value is -2.19. The highest BCUT2D eigenvalue weighted by Crippen LogP contribution is 2.23. The standard InChI is InChI=1S/C14H16N2O5S/c1-8-4-6-11(7-5-8)22(19,20)16-10(3)13-12(14(17)18)9(2)15-21-13/h4-7,10,16H,1-3H3,(H,17,18). The maximum atomic E-state index is 12.3. The van der Waals surface area contributed by atoms with E-state index in [1.165, 1.54) is 26.0 Å². The van der Waals surface area contributed by atoms with Crippen LogP contribution in [-0.2, 0) is 10.0 Å². The van der Waals surface area contributed by atoms with Gasteiger partial charge in [-0.25, -0.2) is 17.9 Å². The summed E-state index contributed by atoms with van der Waals surface area (Å²) in [6, 6.07) is 5.46. The average molecular weight is 324 g/mol. The van der Waals surface area contributed by atoms with Gasteiger partial charge in [0.2, 0.25) is 10.0 Å². The summed E-state index contributed by atoms with van der Waals surface area (Å²) in [5.41, 5.74) is 1.01. The number of benzene rings is 1. The number of hydrogen-bond donors (Lipinski definition) is 2. The molecule has 0 fully saturated rings. The van der Waals surface area contributed by atoms with Crippen molar-refractivity contribution in [3.05, 3.63) is 46.8 Å². The number of hydrogen-bond acceptors (Lipinski definition) is 5. The van der Waals surface area contributed by atoms with Gasteiger partial charge in [-0.2, -0.15) is 0 Å². The first-order chi connectivity index (χ1) is 10.2. The maximum Gasteiger partial charge on any atom is 0.341 e. The van der Waals surface area contributed by atoms with Crippen molar-refractivity contribution >= 4 is 16.0 Å². The van der Waals surface area contributed by atoms with Gasteiger partial charge in [0.25, 0.3) is 0 Å². The molecule has 2 N–H and O–H groups in total. The summed E-state index contributed by atoms with van der Waals surface area (Å²) in [4.78, 5) is 11.3. The molecule has 0 aliphatic heterocycles. The fourth-order valence-corrected chi connectivity index (χ4v) is 3.22. The molecule has 0 amide bonds. The third-order valence-corrected chi connectivity index (χ3v) is 4.72. The lowest BCUT2D eigenvalue weighted by atomic mass is 10.1. The number of carboxylic acid groups (broad SMARTS) is 1. The van der Waals surface area contributed by atoms with Crippen molar-refractivity contribution < 1.29 is 22.8 Å². The molecule has 118 valence electrons. The molecule has 7 nitrogen and oxygen atoms in total. The Labute approximate surface area is 128 Å². The van der Waals surface area contributed by atoms with Crippen LogP contribution in [0, 0.1) is 13.8 Å². The maximum absolute atomic E-state index is 12.3. The van der Waals surface area contributed by atoms with Crippen LogP contribution >= 0.6 is 0 Å². The Morgan fingerprint density at radius 2 is 1.86 bits per heavy atom. The zero-order chi connectivity index (χ0) is 16.5. The number of nitrogens with zero attached hydrogens (tertiary/aromatic N) is 1. The number of carbonyl (C=O) groups is 1. The molecule has 1 unspecified atom stereocenters. The van der Waals surface area contributed by atoms with E-state index >= 15 is 0 Å². The lowest BCUT2D eigenvalue weighted by Crippen LogP contribution is -2.27. The van der Waals surface area contributed by atoms with Gasteiger partial charge in [0.1, 0.15) is 5.56 Å². The van der Waals surface area contributed by atoms with E-state index in [4.69, 9.17) is 9.63 Å². The summed E-state index contributed by atoms with van der Waals surface area (Å²) in [6.07, 6.45) is 0. The van der Waals surface area contributed by atoms with E-state index in [-0.39, 0.29) is 21.9 Å². The highest BCUT2D eigenvalue weighted by atomic mass is 32.2. The summed E-state index contributed by atoms with van der Waals surface area (Å²) in [6.45, 7) is 4.83. The van der Waals surface area contributed by atoms with Gasteiger partial charge >= 0.3 is 5.97 Å². The molecule has 0 aliphatic rings. The summed E-state index contributed by atoms with van der Waals surface area (Å²) >= 11 is 0. The number of rotatable bonds is 5. The summed E-state index contributed by atoms with van der Waals surface area (Å²) in [7, 11) is -3.79. The molecule has 0 saturated heterocycles. The van der Waals surface area contributed by atoms with Crippen LogP contribution in [0.15, 0.2) is 33.7 Å². The number of aromatic carboxylic acids is 1. The second kappa shape index (κ2) is 5.90. The van der Waals surface area contributed by atoms with Gasteiger partial charge in [-0.05, 0) is 32.9 Å². The number of nitrogens with one attached hydrogen (secondary N) is 1. The fourth-order valence-electron chi connectivity index (χ4n) is 2.01. The quantitative estimate of drug-likeness (QED) is 0.871. The lowest BCUT2D eigenvalue weighted by Gasteiger charge is -2.12. The molecule has 22 heavy (non-hydrogen) atoms. The van der Waals surface area contributed by atoms with Crippen LogP contribution in [0.5, 0.6) is 0 Å². The zero-order valence-electron chi connectivity index (χ0n) is 12.3. The number of carboxylic acids is 1. The Morgan fingerprint density at radius 1 is 1.27 bits per heavy atom. The first kappa shape index (κ1) is 16.2. The largest absolute Gasteiger partial charge is 0.477 e. The third-order valence-electron chi connectivity index (χ3n) is 3.16. The average Bonchev–Trinajstić information content (AvgIpc) is 2.81. The molecule has 1 atom stereocenters. The molecule has 0 bridgehead atoms. The van der Waals surface area contributed by atoms with Crippen LogP contribution < -0.4 is 4.72 Å². The molecule has 2 aromatic rings. The van der Waals surface area contributed by atoms with Gasteiger partial charge in [0.05, 0.1) is 16.6 Å². The van der Waals surface area contributed by atoms with Crippen LogP contribution in [0.2, 0.25) is 0 Å². The van der Waals surface area contributed by atoms with E-state index in [2.05, 4.69) is 9.88 Å². The van der Waals surface area contributed by atoms with E-state index in [1.54, 1.807) is 12.1 Å². The van der Waals surface area contributed by atoms with Crippen molar-refractivity contribution in [2.45, 2.75) is 31.7 Å². The molecular weight excluding hydrogens is 308 g/mol. The molecule has 1 aromatic carbocycles. The van der Waals surface area contributed by atoms with E-state index in [9.17, 15) is 13.2 Å². The zero-order valence-corrected chi connectivity index (χ0v) is 13.1. The van der Waals surface area contributed by atoms with Gasteiger partial charge in [-0.15, -0.1) is 0 Å². The highest BCUT2D eigenvalue weighted by Gasteiger charge is 2.27. The Kier molecular flexibility index (Phi) is 4.34. The molecule has 1 heterocycles. The second-order valence-corrected chi connectivity index (χ2v) is 6.68. The summed E-state index contributed by atoms with van der Waals surface area (Å²) in [5.74, 6) is -1.24. The molecule has 2 rings (SSSR count). The summed E-state index contributed by atoms with van der Waals surface area (Å²) < 4.78 is 31.9. The first-order valence-electron chi connectivity index (χ1n) is 6.51. The van der Waals surface area contributed by atoms with Crippen LogP contribution in [0.3, 0.4) is 0 Å². The molecule has 0 saturated carbocycles. The SMILES string of the molecule is Cc1ccc(S(=O)(=O)NC(C)c2onc(C)c2C(=O)O)cc1. The monoisotopic (exact) mass is 324 g/mol. The molecular formula is C14H16N2O5S. The van der Waals surface area contributed by atoms with Crippen molar-refractivity contribution in [2.24, 2.45) is 0 Å². The van der Waals surface area contributed by atoms with Gasteiger partial charge < -0.3 is 9.63 Å². The topological polar surface area (TPSA) is 110 Å². The normalized spacial score (nSPS) is 13.0. The number of aromatic nitrogens is 1. The van der Waals surface area contributed by atoms with Crippen molar-refractivity contribution in [3.63, 3.8) is 0 Å². The lowest BCUT2D eigenvalue weighted by molar-refractivity contribution is 0.0692. The van der Waals surface area contributed by atoms with E-state index in [0.29, 0.717) is 0 Å². The predicted molar refractivity (Wildman–Crippen MR) is 78.1 cm³/mol. The van der Waals surface area contributed by atoms with Crippen molar-refractivity contribution in [3.8, 4) is 0 Å². The minimum absolute atomic E-state index is 0.0271.